The third kappa shape index (κ3) is 1.99. The van der Waals surface area contributed by atoms with Crippen LogP contribution in [-0.2, 0) is 4.74 Å². The zero-order valence-electron chi connectivity index (χ0n) is 8.68. The van der Waals surface area contributed by atoms with E-state index in [1.165, 1.54) is 36.8 Å². The van der Waals surface area contributed by atoms with Crippen molar-refractivity contribution in [3.05, 3.63) is 0 Å². The first-order chi connectivity index (χ1) is 5.73. The van der Waals surface area contributed by atoms with E-state index in [0.29, 0.717) is 0 Å². The predicted molar refractivity (Wildman–Crippen MR) is 51.1 cm³/mol. The van der Waals surface area contributed by atoms with E-state index in [-0.39, 0.29) is 0 Å². The second-order valence-corrected chi connectivity index (χ2v) is 4.12. The van der Waals surface area contributed by atoms with Gasteiger partial charge < -0.3 is 9.22 Å². The molecule has 0 radical (unpaired) electrons. The molecular formula is C10H22NO+. The fourth-order valence-electron chi connectivity index (χ4n) is 2.42. The minimum Gasteiger partial charge on any atom is -0.379 e. The number of quaternary nitrogens is 1. The first kappa shape index (κ1) is 10.0. The largest absolute Gasteiger partial charge is 0.379 e. The lowest BCUT2D eigenvalue weighted by molar-refractivity contribution is -0.921. The predicted octanol–water partition coefficient (Wildman–Crippen LogP) is 1.65. The second kappa shape index (κ2) is 4.24. The molecule has 0 N–H and O–H groups in total. The minimum atomic E-state index is 0.889. The molecule has 0 aromatic carbocycles. The molecule has 2 atom stereocenters. The molecule has 0 aromatic heterocycles. The van der Waals surface area contributed by atoms with Gasteiger partial charge in [0.05, 0.1) is 26.2 Å². The fourth-order valence-corrected chi connectivity index (χ4v) is 2.42. The summed E-state index contributed by atoms with van der Waals surface area (Å²) in [5, 5.41) is 0. The van der Waals surface area contributed by atoms with Gasteiger partial charge in [-0.15, -0.1) is 0 Å². The van der Waals surface area contributed by atoms with Crippen molar-refractivity contribution in [3.63, 3.8) is 0 Å². The maximum Gasteiger partial charge on any atom is 0.102 e. The normalized spacial score (nSPS) is 35.8. The van der Waals surface area contributed by atoms with Crippen LogP contribution in [0.3, 0.4) is 0 Å². The van der Waals surface area contributed by atoms with Crippen molar-refractivity contribution >= 4 is 0 Å². The molecule has 1 saturated heterocycles. The lowest BCUT2D eigenvalue weighted by Crippen LogP contribution is -2.49. The number of hydrogen-bond acceptors (Lipinski definition) is 1. The molecule has 0 spiro atoms. The van der Waals surface area contributed by atoms with Crippen LogP contribution in [0.2, 0.25) is 0 Å². The Kier molecular flexibility index (Phi) is 3.53. The third-order valence-electron chi connectivity index (χ3n) is 3.37. The number of rotatable bonds is 4. The van der Waals surface area contributed by atoms with Gasteiger partial charge >= 0.3 is 0 Å². The average molecular weight is 172 g/mol. The van der Waals surface area contributed by atoms with Gasteiger partial charge in [0.2, 0.25) is 0 Å². The first-order valence-electron chi connectivity index (χ1n) is 5.06. The molecule has 0 bridgehead atoms. The summed E-state index contributed by atoms with van der Waals surface area (Å²) in [4.78, 5) is 0. The van der Waals surface area contributed by atoms with Gasteiger partial charge in [-0.1, -0.05) is 6.92 Å². The van der Waals surface area contributed by atoms with Crippen LogP contribution in [0.4, 0.5) is 0 Å². The maximum atomic E-state index is 5.15. The van der Waals surface area contributed by atoms with E-state index in [0.717, 1.165) is 12.6 Å². The number of likely N-dealkylation sites (N-methyl/N-ethyl adjacent to an activating group) is 1. The number of nitrogens with zero attached hydrogens (tertiary/aromatic N) is 1. The van der Waals surface area contributed by atoms with Crippen molar-refractivity contribution < 1.29 is 9.22 Å². The Labute approximate surface area is 76.1 Å². The smallest absolute Gasteiger partial charge is 0.102 e. The monoisotopic (exact) mass is 172 g/mol. The van der Waals surface area contributed by atoms with Crippen molar-refractivity contribution in [2.75, 3.05) is 33.9 Å². The molecule has 0 aromatic rings. The molecular weight excluding hydrogens is 150 g/mol. The van der Waals surface area contributed by atoms with Crippen molar-refractivity contribution in [1.82, 2.24) is 0 Å². The molecule has 72 valence electrons. The van der Waals surface area contributed by atoms with E-state index < -0.39 is 0 Å². The van der Waals surface area contributed by atoms with Crippen LogP contribution < -0.4 is 0 Å². The quantitative estimate of drug-likeness (QED) is 0.586. The van der Waals surface area contributed by atoms with E-state index in [2.05, 4.69) is 14.0 Å². The maximum absolute atomic E-state index is 5.15. The molecule has 2 heteroatoms. The second-order valence-electron chi connectivity index (χ2n) is 4.12. The van der Waals surface area contributed by atoms with Gasteiger partial charge in [0.1, 0.15) is 6.54 Å². The van der Waals surface area contributed by atoms with E-state index >= 15 is 0 Å². The molecule has 0 saturated carbocycles. The Morgan fingerprint density at radius 2 is 2.25 bits per heavy atom. The summed E-state index contributed by atoms with van der Waals surface area (Å²) in [6.07, 6.45) is 4.13. The van der Waals surface area contributed by atoms with Crippen LogP contribution in [0.25, 0.3) is 0 Å². The number of methoxy groups -OCH3 is 1. The molecule has 1 fully saturated rings. The van der Waals surface area contributed by atoms with Crippen LogP contribution in [0.5, 0.6) is 0 Å². The van der Waals surface area contributed by atoms with Gasteiger partial charge in [-0.25, -0.2) is 0 Å². The van der Waals surface area contributed by atoms with Gasteiger partial charge in [0, 0.05) is 20.0 Å². The number of likely N-dealkylation sites (tertiary alicyclic amines) is 1. The summed E-state index contributed by atoms with van der Waals surface area (Å²) >= 11 is 0. The lowest BCUT2D eigenvalue weighted by Gasteiger charge is -2.35. The highest BCUT2D eigenvalue weighted by Crippen LogP contribution is 2.26. The highest BCUT2D eigenvalue weighted by molar-refractivity contribution is 4.65. The Morgan fingerprint density at radius 3 is 2.83 bits per heavy atom. The van der Waals surface area contributed by atoms with E-state index in [1.807, 2.05) is 0 Å². The summed E-state index contributed by atoms with van der Waals surface area (Å²) in [5.74, 6) is 0. The zero-order valence-corrected chi connectivity index (χ0v) is 8.68. The fraction of sp³-hybridized carbons (Fsp3) is 1.00. The highest BCUT2D eigenvalue weighted by atomic mass is 16.5. The summed E-state index contributed by atoms with van der Waals surface area (Å²) in [7, 11) is 4.17. The van der Waals surface area contributed by atoms with Crippen molar-refractivity contribution in [2.45, 2.75) is 32.2 Å². The Hall–Kier alpha value is -0.0800. The number of ether oxygens (including phenoxy) is 1. The van der Waals surface area contributed by atoms with E-state index in [1.54, 1.807) is 7.11 Å². The van der Waals surface area contributed by atoms with E-state index in [4.69, 9.17) is 4.74 Å². The zero-order chi connectivity index (χ0) is 9.03. The Bertz CT molecular complexity index is 138. The minimum absolute atomic E-state index is 0.889. The summed E-state index contributed by atoms with van der Waals surface area (Å²) in [5.41, 5.74) is 0. The van der Waals surface area contributed by atoms with Crippen molar-refractivity contribution in [1.29, 1.82) is 0 Å². The van der Waals surface area contributed by atoms with E-state index in [9.17, 15) is 0 Å². The van der Waals surface area contributed by atoms with Gasteiger partial charge in [-0.2, -0.15) is 0 Å². The molecule has 0 aliphatic carbocycles. The van der Waals surface area contributed by atoms with Gasteiger partial charge in [-0.05, 0) is 6.42 Å². The first-order valence-corrected chi connectivity index (χ1v) is 5.06. The Morgan fingerprint density at radius 1 is 1.50 bits per heavy atom. The molecule has 1 unspecified atom stereocenters. The van der Waals surface area contributed by atoms with Gasteiger partial charge in [-0.3, -0.25) is 0 Å². The molecule has 1 heterocycles. The average Bonchev–Trinajstić information content (AvgIpc) is 2.44. The van der Waals surface area contributed by atoms with Crippen LogP contribution in [0.1, 0.15) is 26.2 Å². The van der Waals surface area contributed by atoms with Crippen LogP contribution >= 0.6 is 0 Å². The topological polar surface area (TPSA) is 9.23 Å². The summed E-state index contributed by atoms with van der Waals surface area (Å²) < 4.78 is 6.39. The summed E-state index contributed by atoms with van der Waals surface area (Å²) in [6, 6.07) is 0.889. The van der Waals surface area contributed by atoms with Crippen molar-refractivity contribution in [2.24, 2.45) is 0 Å². The Balaban J connectivity index is 2.43. The highest BCUT2D eigenvalue weighted by Gasteiger charge is 2.35. The lowest BCUT2D eigenvalue weighted by atomic mass is 10.1. The molecule has 1 aliphatic rings. The molecule has 2 nitrogen and oxygen atoms in total. The molecule has 0 amide bonds. The van der Waals surface area contributed by atoms with Crippen molar-refractivity contribution in [3.8, 4) is 0 Å². The SMILES string of the molecule is CC[C@@H]1CCC[N+]1(C)CCOC. The standard InChI is InChI=1S/C10H22NO/c1-4-10-6-5-7-11(10,2)8-9-12-3/h10H,4-9H2,1-3H3/q+1/t10-,11?/m1/s1. The molecule has 1 rings (SSSR count). The third-order valence-corrected chi connectivity index (χ3v) is 3.37. The van der Waals surface area contributed by atoms with Gasteiger partial charge in [0.15, 0.2) is 0 Å². The van der Waals surface area contributed by atoms with Gasteiger partial charge in [0.25, 0.3) is 0 Å². The van der Waals surface area contributed by atoms with Crippen LogP contribution in [0, 0.1) is 0 Å². The number of hydrogen-bond donors (Lipinski definition) is 0. The summed E-state index contributed by atoms with van der Waals surface area (Å²) in [6.45, 7) is 5.75. The van der Waals surface area contributed by atoms with Crippen LogP contribution in [-0.4, -0.2) is 44.4 Å². The molecule has 1 aliphatic heterocycles. The molecule has 12 heavy (non-hydrogen) atoms. The van der Waals surface area contributed by atoms with Crippen LogP contribution in [0.15, 0.2) is 0 Å².